The monoisotopic (exact) mass is 492 g/mol. The fourth-order valence-corrected chi connectivity index (χ4v) is 4.39. The molecule has 0 aliphatic heterocycles. The molecule has 0 radical (unpaired) electrons. The van der Waals surface area contributed by atoms with E-state index in [4.69, 9.17) is 9.15 Å². The molecule has 6 nitrogen and oxygen atoms in total. The van der Waals surface area contributed by atoms with E-state index < -0.39 is 17.8 Å². The highest BCUT2D eigenvalue weighted by molar-refractivity contribution is 7.10. The summed E-state index contributed by atoms with van der Waals surface area (Å²) < 4.78 is 25.3. The van der Waals surface area contributed by atoms with Gasteiger partial charge in [-0.3, -0.25) is 9.59 Å². The summed E-state index contributed by atoms with van der Waals surface area (Å²) in [4.78, 5) is 29.2. The van der Waals surface area contributed by atoms with Crippen LogP contribution in [0.15, 0.2) is 88.9 Å². The lowest BCUT2D eigenvalue weighted by molar-refractivity contribution is -0.141. The molecule has 35 heavy (non-hydrogen) atoms. The number of hydrogen-bond donors (Lipinski definition) is 1. The van der Waals surface area contributed by atoms with Crippen LogP contribution in [-0.2, 0) is 29.1 Å². The number of thiophene rings is 1. The molecule has 2 amide bonds. The van der Waals surface area contributed by atoms with E-state index in [1.807, 2.05) is 29.6 Å². The second kappa shape index (κ2) is 11.5. The Morgan fingerprint density at radius 1 is 1.06 bits per heavy atom. The molecule has 0 unspecified atom stereocenters. The summed E-state index contributed by atoms with van der Waals surface area (Å²) in [6.07, 6.45) is 1.54. The van der Waals surface area contributed by atoms with Crippen LogP contribution in [0, 0.1) is 5.82 Å². The van der Waals surface area contributed by atoms with Crippen molar-refractivity contribution in [3.8, 4) is 5.75 Å². The highest BCUT2D eigenvalue weighted by atomic mass is 32.1. The molecule has 0 saturated carbocycles. The topological polar surface area (TPSA) is 71.8 Å². The van der Waals surface area contributed by atoms with Crippen LogP contribution in [-0.4, -0.2) is 23.8 Å². The minimum absolute atomic E-state index is 0.0851. The maximum Gasteiger partial charge on any atom is 0.251 e. The highest BCUT2D eigenvalue weighted by Crippen LogP contribution is 2.27. The summed E-state index contributed by atoms with van der Waals surface area (Å²) in [5, 5.41) is 4.78. The summed E-state index contributed by atoms with van der Waals surface area (Å²) in [6.45, 7) is 0.158. The Kier molecular flexibility index (Phi) is 7.95. The molecular weight excluding hydrogens is 467 g/mol. The quantitative estimate of drug-likeness (QED) is 0.334. The van der Waals surface area contributed by atoms with Crippen molar-refractivity contribution in [1.29, 1.82) is 0 Å². The third-order valence-corrected chi connectivity index (χ3v) is 6.40. The maximum absolute atomic E-state index is 14.6. The molecule has 180 valence electrons. The van der Waals surface area contributed by atoms with Gasteiger partial charge in [-0.15, -0.1) is 11.3 Å². The van der Waals surface area contributed by atoms with Crippen LogP contribution < -0.4 is 10.1 Å². The van der Waals surface area contributed by atoms with E-state index in [-0.39, 0.29) is 25.4 Å². The van der Waals surface area contributed by atoms with E-state index in [1.54, 1.807) is 49.6 Å². The van der Waals surface area contributed by atoms with Crippen molar-refractivity contribution in [2.24, 2.45) is 0 Å². The number of rotatable bonds is 10. The van der Waals surface area contributed by atoms with Gasteiger partial charge in [0.15, 0.2) is 6.04 Å². The number of methoxy groups -OCH3 is 1. The molecular formula is C27H25FN2O4S. The van der Waals surface area contributed by atoms with E-state index in [9.17, 15) is 14.0 Å². The molecule has 4 aromatic rings. The number of carbonyl (C=O) groups is 2. The predicted molar refractivity (Wildman–Crippen MR) is 131 cm³/mol. The zero-order valence-electron chi connectivity index (χ0n) is 19.1. The first-order valence-electron chi connectivity index (χ1n) is 11.0. The van der Waals surface area contributed by atoms with E-state index in [0.717, 1.165) is 10.4 Å². The first-order valence-corrected chi connectivity index (χ1v) is 11.9. The van der Waals surface area contributed by atoms with Crippen LogP contribution in [0.25, 0.3) is 0 Å². The Balaban J connectivity index is 1.62. The van der Waals surface area contributed by atoms with Crippen LogP contribution >= 0.6 is 11.3 Å². The van der Waals surface area contributed by atoms with Crippen LogP contribution in [0.2, 0.25) is 0 Å². The number of halogens is 1. The third-order valence-electron chi connectivity index (χ3n) is 5.52. The van der Waals surface area contributed by atoms with Gasteiger partial charge in [0.2, 0.25) is 5.91 Å². The third kappa shape index (κ3) is 6.16. The zero-order chi connectivity index (χ0) is 24.6. The van der Waals surface area contributed by atoms with Crippen molar-refractivity contribution < 1.29 is 23.1 Å². The highest BCUT2D eigenvalue weighted by Gasteiger charge is 2.34. The Bertz CT molecular complexity index is 1240. The molecule has 8 heteroatoms. The fraction of sp³-hybridized carbons (Fsp3) is 0.185. The van der Waals surface area contributed by atoms with Gasteiger partial charge in [-0.1, -0.05) is 36.4 Å². The minimum atomic E-state index is -1.07. The van der Waals surface area contributed by atoms with Gasteiger partial charge in [-0.2, -0.15) is 0 Å². The van der Waals surface area contributed by atoms with Gasteiger partial charge in [-0.05, 0) is 47.3 Å². The number of benzene rings is 2. The minimum Gasteiger partial charge on any atom is -0.497 e. The van der Waals surface area contributed by atoms with Gasteiger partial charge in [-0.25, -0.2) is 4.39 Å². The average molecular weight is 493 g/mol. The molecule has 0 fully saturated rings. The van der Waals surface area contributed by atoms with Crippen molar-refractivity contribution in [3.05, 3.63) is 112 Å². The molecule has 0 bridgehead atoms. The zero-order valence-corrected chi connectivity index (χ0v) is 20.0. The second-order valence-electron chi connectivity index (χ2n) is 7.85. The SMILES string of the molecule is COc1ccc(CNC(=O)[C@H](c2ccco2)N(Cc2ccccc2F)C(=O)Cc2cccs2)cc1. The van der Waals surface area contributed by atoms with E-state index >= 15 is 0 Å². The Morgan fingerprint density at radius 2 is 1.86 bits per heavy atom. The van der Waals surface area contributed by atoms with E-state index in [1.165, 1.54) is 28.6 Å². The van der Waals surface area contributed by atoms with Gasteiger partial charge < -0.3 is 19.4 Å². The predicted octanol–water partition coefficient (Wildman–Crippen LogP) is 5.12. The lowest BCUT2D eigenvalue weighted by atomic mass is 10.1. The summed E-state index contributed by atoms with van der Waals surface area (Å²) in [5.74, 6) is -0.168. The molecule has 2 heterocycles. The normalized spacial score (nSPS) is 11.6. The van der Waals surface area contributed by atoms with Crippen LogP contribution in [0.1, 0.15) is 27.8 Å². The average Bonchev–Trinajstić information content (AvgIpc) is 3.59. The molecule has 4 rings (SSSR count). The number of nitrogens with one attached hydrogen (secondary N) is 1. The number of furan rings is 1. The van der Waals surface area contributed by atoms with Gasteiger partial charge in [0.1, 0.15) is 17.3 Å². The summed E-state index contributed by atoms with van der Waals surface area (Å²) >= 11 is 1.45. The molecule has 1 N–H and O–H groups in total. The largest absolute Gasteiger partial charge is 0.497 e. The smallest absolute Gasteiger partial charge is 0.251 e. The number of hydrogen-bond acceptors (Lipinski definition) is 5. The molecule has 1 atom stereocenters. The van der Waals surface area contributed by atoms with Crippen molar-refractivity contribution in [2.45, 2.75) is 25.6 Å². The van der Waals surface area contributed by atoms with Gasteiger partial charge in [0, 0.05) is 23.5 Å². The summed E-state index contributed by atoms with van der Waals surface area (Å²) in [6, 6.07) is 19.5. The Labute approximate surface area is 207 Å². The summed E-state index contributed by atoms with van der Waals surface area (Å²) in [5.41, 5.74) is 1.18. The van der Waals surface area contributed by atoms with E-state index in [2.05, 4.69) is 5.32 Å². The fourth-order valence-electron chi connectivity index (χ4n) is 3.70. The molecule has 0 aliphatic rings. The second-order valence-corrected chi connectivity index (χ2v) is 8.89. The number of ether oxygens (including phenoxy) is 1. The number of carbonyl (C=O) groups excluding carboxylic acids is 2. The van der Waals surface area contributed by atoms with Crippen molar-refractivity contribution >= 4 is 23.2 Å². The lowest BCUT2D eigenvalue weighted by Crippen LogP contribution is -2.43. The first-order chi connectivity index (χ1) is 17.0. The van der Waals surface area contributed by atoms with E-state index in [0.29, 0.717) is 17.1 Å². The van der Waals surface area contributed by atoms with Crippen LogP contribution in [0.4, 0.5) is 4.39 Å². The number of amides is 2. The van der Waals surface area contributed by atoms with Gasteiger partial charge in [0.25, 0.3) is 5.91 Å². The van der Waals surface area contributed by atoms with Crippen molar-refractivity contribution in [2.75, 3.05) is 7.11 Å². The van der Waals surface area contributed by atoms with Crippen molar-refractivity contribution in [3.63, 3.8) is 0 Å². The van der Waals surface area contributed by atoms with Crippen LogP contribution in [0.5, 0.6) is 5.75 Å². The Hall–Kier alpha value is -3.91. The molecule has 0 spiro atoms. The molecule has 2 aromatic heterocycles. The number of nitrogens with zero attached hydrogens (tertiary/aromatic N) is 1. The molecule has 0 saturated heterocycles. The standard InChI is InChI=1S/C27H25FN2O4S/c1-33-21-12-10-19(11-13-21)17-29-27(32)26(24-9-4-14-34-24)30(18-20-6-2-3-8-23(20)28)25(31)16-22-7-5-15-35-22/h2-15,26H,16-18H2,1H3,(H,29,32)/t26-/m0/s1. The van der Waals surface area contributed by atoms with Gasteiger partial charge in [0.05, 0.1) is 19.8 Å². The lowest BCUT2D eigenvalue weighted by Gasteiger charge is -2.30. The first kappa shape index (κ1) is 24.2. The molecule has 0 aliphatic carbocycles. The van der Waals surface area contributed by atoms with Gasteiger partial charge >= 0.3 is 0 Å². The van der Waals surface area contributed by atoms with Crippen molar-refractivity contribution in [1.82, 2.24) is 10.2 Å². The Morgan fingerprint density at radius 3 is 2.51 bits per heavy atom. The molecule has 2 aromatic carbocycles. The summed E-state index contributed by atoms with van der Waals surface area (Å²) in [7, 11) is 1.59. The maximum atomic E-state index is 14.6. The van der Waals surface area contributed by atoms with Crippen LogP contribution in [0.3, 0.4) is 0 Å².